The van der Waals surface area contributed by atoms with Gasteiger partial charge in [0.2, 0.25) is 0 Å². The second kappa shape index (κ2) is 7.56. The van der Waals surface area contributed by atoms with Crippen LogP contribution < -0.4 is 4.74 Å². The van der Waals surface area contributed by atoms with Gasteiger partial charge in [0.05, 0.1) is 22.5 Å². The zero-order valence-electron chi connectivity index (χ0n) is 17.0. The van der Waals surface area contributed by atoms with Crippen LogP contribution in [0.3, 0.4) is 0 Å². The van der Waals surface area contributed by atoms with Gasteiger partial charge in [-0.05, 0) is 87.5 Å². The van der Waals surface area contributed by atoms with E-state index in [2.05, 4.69) is 33.2 Å². The predicted molar refractivity (Wildman–Crippen MR) is 124 cm³/mol. The predicted octanol–water partition coefficient (Wildman–Crippen LogP) is 5.07. The Kier molecular flexibility index (Phi) is 4.77. The van der Waals surface area contributed by atoms with Gasteiger partial charge >= 0.3 is 0 Å². The number of allylic oxidation sites excluding steroid dienone is 2. The number of amides is 2. The maximum atomic E-state index is 13.0. The number of hydrogen-bond donors (Lipinski definition) is 0. The van der Waals surface area contributed by atoms with E-state index in [0.29, 0.717) is 29.2 Å². The van der Waals surface area contributed by atoms with E-state index in [9.17, 15) is 9.59 Å². The van der Waals surface area contributed by atoms with Gasteiger partial charge < -0.3 is 4.74 Å². The van der Waals surface area contributed by atoms with Crippen molar-refractivity contribution in [3.63, 3.8) is 0 Å². The van der Waals surface area contributed by atoms with Gasteiger partial charge in [-0.15, -0.1) is 0 Å². The van der Waals surface area contributed by atoms with Gasteiger partial charge in [0.1, 0.15) is 12.4 Å². The molecule has 5 nitrogen and oxygen atoms in total. The lowest BCUT2D eigenvalue weighted by atomic mass is 9.63. The summed E-state index contributed by atoms with van der Waals surface area (Å²) in [5, 5.41) is 6.09. The van der Waals surface area contributed by atoms with E-state index in [4.69, 9.17) is 16.3 Å². The van der Waals surface area contributed by atoms with Crippen LogP contribution in [0.5, 0.6) is 5.75 Å². The summed E-state index contributed by atoms with van der Waals surface area (Å²) in [4.78, 5) is 26.0. The first-order chi connectivity index (χ1) is 15.5. The fourth-order valence-corrected chi connectivity index (χ4v) is 6.27. The number of ether oxygens (including phenoxy) is 1. The molecule has 7 heteroatoms. The zero-order chi connectivity index (χ0) is 22.0. The molecule has 4 aliphatic carbocycles. The molecule has 1 saturated heterocycles. The van der Waals surface area contributed by atoms with E-state index in [-0.39, 0.29) is 35.5 Å². The SMILES string of the molecule is O=C1[C@@H]2[C@H]3C=C[C@@H]([C@@H]4C[C@@H]34)[C@@H]2C(=O)N1N=Cc1ccc(OCc2ccc(Cl)cc2)c(Br)c1. The molecule has 0 N–H and O–H groups in total. The number of hydrogen-bond acceptors (Lipinski definition) is 4. The molecule has 2 bridgehead atoms. The summed E-state index contributed by atoms with van der Waals surface area (Å²) in [6.45, 7) is 0.418. The Balaban J connectivity index is 1.15. The molecule has 2 amide bonds. The average Bonchev–Trinajstić information content (AvgIpc) is 3.57. The number of benzene rings is 2. The summed E-state index contributed by atoms with van der Waals surface area (Å²) in [6.07, 6.45) is 7.05. The molecule has 0 aromatic heterocycles. The molecular weight excluding hydrogens is 492 g/mol. The van der Waals surface area contributed by atoms with Gasteiger partial charge in [0, 0.05) is 5.02 Å². The Morgan fingerprint density at radius 1 is 1.03 bits per heavy atom. The number of halogens is 2. The lowest BCUT2D eigenvalue weighted by Crippen LogP contribution is -2.40. The Bertz CT molecular complexity index is 1140. The zero-order valence-corrected chi connectivity index (χ0v) is 19.4. The summed E-state index contributed by atoms with van der Waals surface area (Å²) in [5.41, 5.74) is 1.79. The molecule has 0 radical (unpaired) electrons. The quantitative estimate of drug-likeness (QED) is 0.320. The minimum absolute atomic E-state index is 0.150. The van der Waals surface area contributed by atoms with Gasteiger partial charge in [0.25, 0.3) is 11.8 Å². The number of rotatable bonds is 5. The van der Waals surface area contributed by atoms with Gasteiger partial charge in [-0.2, -0.15) is 10.1 Å². The van der Waals surface area contributed by atoms with Gasteiger partial charge in [-0.1, -0.05) is 35.9 Å². The van der Waals surface area contributed by atoms with E-state index in [1.54, 1.807) is 6.21 Å². The van der Waals surface area contributed by atoms with Crippen LogP contribution in [0.1, 0.15) is 17.5 Å². The highest BCUT2D eigenvalue weighted by Gasteiger charge is 2.67. The molecule has 0 spiro atoms. The molecule has 1 heterocycles. The largest absolute Gasteiger partial charge is 0.488 e. The molecule has 5 aliphatic rings. The molecule has 7 rings (SSSR count). The highest BCUT2D eigenvalue weighted by molar-refractivity contribution is 9.10. The van der Waals surface area contributed by atoms with Crippen LogP contribution in [0.15, 0.2) is 64.2 Å². The van der Waals surface area contributed by atoms with Crippen molar-refractivity contribution in [2.75, 3.05) is 0 Å². The number of hydrazone groups is 1. The summed E-state index contributed by atoms with van der Waals surface area (Å²) >= 11 is 9.45. The van der Waals surface area contributed by atoms with Crippen LogP contribution >= 0.6 is 27.5 Å². The third-order valence-corrected chi connectivity index (χ3v) is 8.10. The maximum Gasteiger partial charge on any atom is 0.254 e. The van der Waals surface area contributed by atoms with Crippen molar-refractivity contribution < 1.29 is 14.3 Å². The van der Waals surface area contributed by atoms with Crippen molar-refractivity contribution in [2.24, 2.45) is 40.6 Å². The molecule has 2 aromatic rings. The molecule has 1 aliphatic heterocycles. The number of nitrogens with zero attached hydrogens (tertiary/aromatic N) is 2. The molecular formula is C25H20BrClN2O3. The molecule has 2 saturated carbocycles. The van der Waals surface area contributed by atoms with Crippen molar-refractivity contribution in [1.82, 2.24) is 5.01 Å². The standard InChI is InChI=1S/C25H20BrClN2O3/c26-20-9-14(3-8-21(20)32-12-13-1-4-15(27)5-2-13)11-28-29-24(30)22-16-6-7-17(19-10-18(16)19)23(22)25(29)31/h1-9,11,16-19,22-23H,10,12H2/t16-,17-,18-,19-,22-,23+/m0/s1. The van der Waals surface area contributed by atoms with Crippen molar-refractivity contribution in [2.45, 2.75) is 13.0 Å². The van der Waals surface area contributed by atoms with Crippen LogP contribution in [0.25, 0.3) is 0 Å². The molecule has 2 aromatic carbocycles. The molecule has 32 heavy (non-hydrogen) atoms. The topological polar surface area (TPSA) is 59.0 Å². The monoisotopic (exact) mass is 510 g/mol. The van der Waals surface area contributed by atoms with Crippen LogP contribution in [0.2, 0.25) is 5.02 Å². The van der Waals surface area contributed by atoms with Gasteiger partial charge in [-0.25, -0.2) is 0 Å². The second-order valence-electron chi connectivity index (χ2n) is 8.99. The number of imide groups is 1. The smallest absolute Gasteiger partial charge is 0.254 e. The minimum Gasteiger partial charge on any atom is -0.488 e. The van der Waals surface area contributed by atoms with Gasteiger partial charge in [0.15, 0.2) is 0 Å². The summed E-state index contributed by atoms with van der Waals surface area (Å²) < 4.78 is 6.65. The van der Waals surface area contributed by atoms with Crippen LogP contribution in [0.4, 0.5) is 0 Å². The fourth-order valence-electron chi connectivity index (χ4n) is 5.64. The molecule has 0 unspecified atom stereocenters. The van der Waals surface area contributed by atoms with Crippen molar-refractivity contribution >= 4 is 45.6 Å². The maximum absolute atomic E-state index is 13.0. The third kappa shape index (κ3) is 3.23. The number of carbonyl (C=O) groups is 2. The van der Waals surface area contributed by atoms with E-state index < -0.39 is 0 Å². The van der Waals surface area contributed by atoms with Crippen molar-refractivity contribution in [1.29, 1.82) is 0 Å². The van der Waals surface area contributed by atoms with Crippen LogP contribution in [0, 0.1) is 35.5 Å². The summed E-state index contributed by atoms with van der Waals surface area (Å²) in [6, 6.07) is 13.1. The molecule has 6 atom stereocenters. The summed E-state index contributed by atoms with van der Waals surface area (Å²) in [7, 11) is 0. The Labute approximate surface area is 199 Å². The Morgan fingerprint density at radius 3 is 2.31 bits per heavy atom. The normalized spacial score (nSPS) is 31.9. The Hall–Kier alpha value is -2.44. The van der Waals surface area contributed by atoms with Crippen LogP contribution in [-0.2, 0) is 16.2 Å². The van der Waals surface area contributed by atoms with E-state index in [1.165, 1.54) is 0 Å². The number of carbonyl (C=O) groups excluding carboxylic acids is 2. The first kappa shape index (κ1) is 20.2. The average molecular weight is 512 g/mol. The highest BCUT2D eigenvalue weighted by Crippen LogP contribution is 2.65. The third-order valence-electron chi connectivity index (χ3n) is 7.23. The van der Waals surface area contributed by atoms with Gasteiger partial charge in [-0.3, -0.25) is 9.59 Å². The van der Waals surface area contributed by atoms with E-state index in [0.717, 1.165) is 27.0 Å². The second-order valence-corrected chi connectivity index (χ2v) is 10.3. The van der Waals surface area contributed by atoms with Crippen molar-refractivity contribution in [3.8, 4) is 5.75 Å². The Morgan fingerprint density at radius 2 is 1.69 bits per heavy atom. The van der Waals surface area contributed by atoms with E-state index >= 15 is 0 Å². The lowest BCUT2D eigenvalue weighted by molar-refractivity contribution is -0.140. The van der Waals surface area contributed by atoms with Crippen molar-refractivity contribution in [3.05, 3.63) is 75.2 Å². The summed E-state index contributed by atoms with van der Waals surface area (Å²) in [5.74, 6) is 1.52. The first-order valence-corrected chi connectivity index (χ1v) is 12.0. The minimum atomic E-state index is -0.228. The van der Waals surface area contributed by atoms with Crippen LogP contribution in [-0.4, -0.2) is 23.0 Å². The van der Waals surface area contributed by atoms with E-state index in [1.807, 2.05) is 42.5 Å². The lowest BCUT2D eigenvalue weighted by Gasteiger charge is -2.37. The highest BCUT2D eigenvalue weighted by atomic mass is 79.9. The fraction of sp³-hybridized carbons (Fsp3) is 0.320. The first-order valence-electron chi connectivity index (χ1n) is 10.8. The molecule has 3 fully saturated rings. The molecule has 162 valence electrons.